The fraction of sp³-hybridized carbons (Fsp3) is 0.429. The molecule has 21 heavy (non-hydrogen) atoms. The number of rotatable bonds is 8. The van der Waals surface area contributed by atoms with Crippen LogP contribution >= 0.6 is 11.8 Å². The molecule has 0 aliphatic carbocycles. The first-order valence-electron chi connectivity index (χ1n) is 6.86. The molecule has 0 saturated heterocycles. The van der Waals surface area contributed by atoms with Crippen molar-refractivity contribution in [3.63, 3.8) is 0 Å². The molecule has 0 fully saturated rings. The second-order valence-corrected chi connectivity index (χ2v) is 5.54. The van der Waals surface area contributed by atoms with Crippen molar-refractivity contribution in [3.05, 3.63) is 35.9 Å². The van der Waals surface area contributed by atoms with Gasteiger partial charge in [0.25, 0.3) is 0 Å². The largest absolute Gasteiger partial charge is 0.481 e. The molecule has 0 aliphatic rings. The predicted octanol–water partition coefficient (Wildman–Crippen LogP) is 2.04. The molecule has 112 valence electrons. The zero-order valence-corrected chi connectivity index (χ0v) is 12.7. The van der Waals surface area contributed by atoms with E-state index < -0.39 is 5.97 Å². The van der Waals surface area contributed by atoms with Crippen molar-refractivity contribution >= 4 is 17.7 Å². The molecule has 2 heterocycles. The van der Waals surface area contributed by atoms with Gasteiger partial charge in [-0.05, 0) is 24.5 Å². The first kappa shape index (κ1) is 15.5. The maximum Gasteiger partial charge on any atom is 0.313 e. The Kier molecular flexibility index (Phi) is 5.74. The highest BCUT2D eigenvalue weighted by Gasteiger charge is 2.13. The number of hydrogen-bond acceptors (Lipinski definition) is 5. The Bertz CT molecular complexity index is 586. The minimum absolute atomic E-state index is 0.00442. The van der Waals surface area contributed by atoms with Crippen LogP contribution < -0.4 is 0 Å². The van der Waals surface area contributed by atoms with Crippen molar-refractivity contribution in [2.45, 2.75) is 37.9 Å². The summed E-state index contributed by atoms with van der Waals surface area (Å²) < 4.78 is 2.02. The highest BCUT2D eigenvalue weighted by Crippen LogP contribution is 2.18. The number of aromatic nitrogens is 4. The Morgan fingerprint density at radius 1 is 1.38 bits per heavy atom. The number of thioether (sulfide) groups is 1. The lowest BCUT2D eigenvalue weighted by Gasteiger charge is -2.08. The fourth-order valence-electron chi connectivity index (χ4n) is 1.99. The summed E-state index contributed by atoms with van der Waals surface area (Å²) in [7, 11) is 0. The summed E-state index contributed by atoms with van der Waals surface area (Å²) in [6.07, 6.45) is 6.18. The van der Waals surface area contributed by atoms with E-state index in [1.807, 2.05) is 22.9 Å². The lowest BCUT2D eigenvalue weighted by atomic mass is 10.1. The van der Waals surface area contributed by atoms with Crippen molar-refractivity contribution in [1.29, 1.82) is 0 Å². The maximum absolute atomic E-state index is 10.7. The summed E-state index contributed by atoms with van der Waals surface area (Å²) >= 11 is 1.22. The summed E-state index contributed by atoms with van der Waals surface area (Å²) in [6.45, 7) is 2.88. The Hall–Kier alpha value is -1.89. The Morgan fingerprint density at radius 2 is 2.24 bits per heavy atom. The van der Waals surface area contributed by atoms with Gasteiger partial charge in [-0.25, -0.2) is 0 Å². The molecule has 0 amide bonds. The molecule has 7 heteroatoms. The molecule has 0 bridgehead atoms. The number of aliphatic carboxylic acids is 1. The van der Waals surface area contributed by atoms with Crippen LogP contribution in [0.1, 0.15) is 24.7 Å². The van der Waals surface area contributed by atoms with E-state index in [1.54, 1.807) is 6.20 Å². The molecule has 0 aliphatic heterocycles. The van der Waals surface area contributed by atoms with E-state index in [1.165, 1.54) is 11.8 Å². The smallest absolute Gasteiger partial charge is 0.313 e. The summed E-state index contributed by atoms with van der Waals surface area (Å²) in [4.78, 5) is 14.8. The molecular formula is C14H18N4O2S. The number of hydrogen-bond donors (Lipinski definition) is 1. The molecule has 0 unspecified atom stereocenters. The molecule has 0 atom stereocenters. The van der Waals surface area contributed by atoms with Crippen molar-refractivity contribution in [2.75, 3.05) is 5.75 Å². The monoisotopic (exact) mass is 306 g/mol. The first-order chi connectivity index (χ1) is 10.2. The molecule has 0 saturated carbocycles. The van der Waals surface area contributed by atoms with Gasteiger partial charge in [0.1, 0.15) is 5.82 Å². The molecular weight excluding hydrogens is 288 g/mol. The van der Waals surface area contributed by atoms with Crippen LogP contribution in [0.25, 0.3) is 0 Å². The average Bonchev–Trinajstić information content (AvgIpc) is 2.87. The van der Waals surface area contributed by atoms with Crippen molar-refractivity contribution in [2.24, 2.45) is 0 Å². The number of aryl methyl sites for hydroxylation is 2. The van der Waals surface area contributed by atoms with Gasteiger partial charge < -0.3 is 9.67 Å². The molecule has 2 aromatic rings. The Balaban J connectivity index is 2.06. The number of carbonyl (C=O) groups is 1. The van der Waals surface area contributed by atoms with Crippen LogP contribution in [0.2, 0.25) is 0 Å². The van der Waals surface area contributed by atoms with Crippen LogP contribution in [0.15, 0.2) is 29.7 Å². The van der Waals surface area contributed by atoms with Crippen LogP contribution in [0, 0.1) is 0 Å². The van der Waals surface area contributed by atoms with E-state index in [4.69, 9.17) is 5.11 Å². The summed E-state index contributed by atoms with van der Waals surface area (Å²) in [5, 5.41) is 17.8. The summed E-state index contributed by atoms with van der Waals surface area (Å²) in [6, 6.07) is 3.95. The normalized spacial score (nSPS) is 10.7. The zero-order valence-electron chi connectivity index (χ0n) is 11.9. The molecule has 2 rings (SSSR count). The lowest BCUT2D eigenvalue weighted by Crippen LogP contribution is -2.07. The molecule has 0 radical (unpaired) electrons. The molecule has 1 N–H and O–H groups in total. The maximum atomic E-state index is 10.7. The van der Waals surface area contributed by atoms with Gasteiger partial charge in [0.05, 0.1) is 5.75 Å². The second kappa shape index (κ2) is 7.78. The van der Waals surface area contributed by atoms with Gasteiger partial charge >= 0.3 is 5.97 Å². The van der Waals surface area contributed by atoms with Crippen LogP contribution in [-0.2, 0) is 24.2 Å². The Morgan fingerprint density at radius 3 is 2.90 bits per heavy atom. The number of carboxylic acid groups (broad SMARTS) is 1. The quantitative estimate of drug-likeness (QED) is 0.752. The van der Waals surface area contributed by atoms with Gasteiger partial charge in [-0.3, -0.25) is 9.78 Å². The van der Waals surface area contributed by atoms with E-state index in [0.29, 0.717) is 5.16 Å². The first-order valence-corrected chi connectivity index (χ1v) is 7.84. The minimum atomic E-state index is -0.844. The van der Waals surface area contributed by atoms with Crippen molar-refractivity contribution in [1.82, 2.24) is 19.7 Å². The van der Waals surface area contributed by atoms with E-state index in [-0.39, 0.29) is 5.75 Å². The molecule has 0 spiro atoms. The van der Waals surface area contributed by atoms with Crippen molar-refractivity contribution in [3.8, 4) is 0 Å². The molecule has 0 aromatic carbocycles. The molecule has 2 aromatic heterocycles. The summed E-state index contributed by atoms with van der Waals surface area (Å²) in [5.74, 6) is 0.0568. The van der Waals surface area contributed by atoms with E-state index in [9.17, 15) is 4.79 Å². The van der Waals surface area contributed by atoms with Gasteiger partial charge in [-0.1, -0.05) is 24.8 Å². The van der Waals surface area contributed by atoms with Gasteiger partial charge in [-0.15, -0.1) is 10.2 Å². The minimum Gasteiger partial charge on any atom is -0.481 e. The van der Waals surface area contributed by atoms with E-state index in [0.717, 1.165) is 37.2 Å². The number of carboxylic acids is 1. The highest BCUT2D eigenvalue weighted by molar-refractivity contribution is 7.99. The van der Waals surface area contributed by atoms with Gasteiger partial charge in [0, 0.05) is 25.4 Å². The third-order valence-corrected chi connectivity index (χ3v) is 3.88. The van der Waals surface area contributed by atoms with E-state index >= 15 is 0 Å². The van der Waals surface area contributed by atoms with Gasteiger partial charge in [-0.2, -0.15) is 0 Å². The molecule has 6 nitrogen and oxygen atoms in total. The van der Waals surface area contributed by atoms with Crippen LogP contribution in [0.4, 0.5) is 0 Å². The third-order valence-electron chi connectivity index (χ3n) is 2.93. The SMILES string of the molecule is CCCn1c(CCc2cccnc2)nnc1SCC(=O)O. The third kappa shape index (κ3) is 4.56. The lowest BCUT2D eigenvalue weighted by molar-refractivity contribution is -0.133. The topological polar surface area (TPSA) is 80.9 Å². The Labute approximate surface area is 127 Å². The van der Waals surface area contributed by atoms with Crippen LogP contribution in [-0.4, -0.2) is 36.6 Å². The number of nitrogens with zero attached hydrogens (tertiary/aromatic N) is 4. The zero-order chi connectivity index (χ0) is 15.1. The highest BCUT2D eigenvalue weighted by atomic mass is 32.2. The number of pyridine rings is 1. The van der Waals surface area contributed by atoms with E-state index in [2.05, 4.69) is 22.1 Å². The fourth-order valence-corrected chi connectivity index (χ4v) is 2.69. The van der Waals surface area contributed by atoms with Gasteiger partial charge in [0.2, 0.25) is 0 Å². The van der Waals surface area contributed by atoms with Crippen LogP contribution in [0.3, 0.4) is 0 Å². The van der Waals surface area contributed by atoms with Gasteiger partial charge in [0.15, 0.2) is 5.16 Å². The standard InChI is InChI=1S/C14H18N4O2S/c1-2-8-18-12(6-5-11-4-3-7-15-9-11)16-17-14(18)21-10-13(19)20/h3-4,7,9H,2,5-6,8,10H2,1H3,(H,19,20). The van der Waals surface area contributed by atoms with Crippen molar-refractivity contribution < 1.29 is 9.90 Å². The average molecular weight is 306 g/mol. The van der Waals surface area contributed by atoms with Crippen LogP contribution in [0.5, 0.6) is 0 Å². The predicted molar refractivity (Wildman–Crippen MR) is 80.3 cm³/mol. The summed E-state index contributed by atoms with van der Waals surface area (Å²) in [5.41, 5.74) is 1.16. The second-order valence-electron chi connectivity index (χ2n) is 4.59.